The lowest BCUT2D eigenvalue weighted by Gasteiger charge is -2.11. The standard InChI is InChI=1S/C20H18N2O3/c1-24-19-10-7-15(12-22-19)17-9-8-16(11-18(17)20(21)23)25-13-14-5-3-2-4-6-14/h2-12H,13H2,1H3,(H2,21,23). The first kappa shape index (κ1) is 16.5. The molecule has 0 bridgehead atoms. The summed E-state index contributed by atoms with van der Waals surface area (Å²) in [5.74, 6) is 0.575. The molecule has 0 aliphatic rings. The van der Waals surface area contributed by atoms with Crippen molar-refractivity contribution in [2.45, 2.75) is 6.61 Å². The molecule has 0 fully saturated rings. The number of primary amides is 1. The number of pyridine rings is 1. The molecule has 0 aliphatic carbocycles. The molecule has 0 saturated carbocycles. The molecular formula is C20H18N2O3. The van der Waals surface area contributed by atoms with Gasteiger partial charge in [0.1, 0.15) is 12.4 Å². The van der Waals surface area contributed by atoms with E-state index in [9.17, 15) is 4.79 Å². The van der Waals surface area contributed by atoms with Crippen LogP contribution in [0.1, 0.15) is 15.9 Å². The predicted molar refractivity (Wildman–Crippen MR) is 95.5 cm³/mol. The van der Waals surface area contributed by atoms with Crippen molar-refractivity contribution in [1.82, 2.24) is 4.98 Å². The topological polar surface area (TPSA) is 74.4 Å². The molecule has 0 unspecified atom stereocenters. The van der Waals surface area contributed by atoms with Crippen molar-refractivity contribution in [3.05, 3.63) is 78.0 Å². The largest absolute Gasteiger partial charge is 0.489 e. The first-order chi connectivity index (χ1) is 12.2. The molecule has 3 rings (SSSR count). The predicted octanol–water partition coefficient (Wildman–Crippen LogP) is 3.44. The Balaban J connectivity index is 1.86. The van der Waals surface area contributed by atoms with Gasteiger partial charge in [-0.15, -0.1) is 0 Å². The minimum Gasteiger partial charge on any atom is -0.489 e. The van der Waals surface area contributed by atoms with Crippen molar-refractivity contribution in [1.29, 1.82) is 0 Å². The molecule has 2 N–H and O–H groups in total. The van der Waals surface area contributed by atoms with Gasteiger partial charge in [-0.25, -0.2) is 4.98 Å². The van der Waals surface area contributed by atoms with Gasteiger partial charge in [-0.2, -0.15) is 0 Å². The van der Waals surface area contributed by atoms with Crippen LogP contribution < -0.4 is 15.2 Å². The maximum atomic E-state index is 11.9. The van der Waals surface area contributed by atoms with Crippen molar-refractivity contribution in [3.63, 3.8) is 0 Å². The summed E-state index contributed by atoms with van der Waals surface area (Å²) in [7, 11) is 1.55. The summed E-state index contributed by atoms with van der Waals surface area (Å²) in [4.78, 5) is 16.0. The molecule has 25 heavy (non-hydrogen) atoms. The lowest BCUT2D eigenvalue weighted by atomic mass is 10.0. The van der Waals surface area contributed by atoms with E-state index in [2.05, 4.69) is 4.98 Å². The zero-order chi connectivity index (χ0) is 17.6. The summed E-state index contributed by atoms with van der Waals surface area (Å²) in [5.41, 5.74) is 8.46. The highest BCUT2D eigenvalue weighted by atomic mass is 16.5. The Morgan fingerprint density at radius 2 is 1.88 bits per heavy atom. The van der Waals surface area contributed by atoms with E-state index in [1.807, 2.05) is 48.5 Å². The Kier molecular flexibility index (Phi) is 4.95. The highest BCUT2D eigenvalue weighted by Crippen LogP contribution is 2.28. The highest BCUT2D eigenvalue weighted by Gasteiger charge is 2.12. The maximum absolute atomic E-state index is 11.9. The molecule has 2 aromatic carbocycles. The first-order valence-corrected chi connectivity index (χ1v) is 7.78. The van der Waals surface area contributed by atoms with Gasteiger partial charge < -0.3 is 15.2 Å². The molecule has 5 heteroatoms. The number of nitrogens with zero attached hydrogens (tertiary/aromatic N) is 1. The summed E-state index contributed by atoms with van der Waals surface area (Å²) in [6, 6.07) is 18.7. The SMILES string of the molecule is COc1ccc(-c2ccc(OCc3ccccc3)cc2C(N)=O)cn1. The Hall–Kier alpha value is -3.34. The third-order valence-electron chi connectivity index (χ3n) is 3.76. The molecule has 0 spiro atoms. The lowest BCUT2D eigenvalue weighted by Crippen LogP contribution is -2.12. The van der Waals surface area contributed by atoms with E-state index in [0.717, 1.165) is 11.1 Å². The van der Waals surface area contributed by atoms with Crippen LogP contribution in [0.5, 0.6) is 11.6 Å². The monoisotopic (exact) mass is 334 g/mol. The smallest absolute Gasteiger partial charge is 0.249 e. The zero-order valence-electron chi connectivity index (χ0n) is 13.8. The lowest BCUT2D eigenvalue weighted by molar-refractivity contribution is 0.100. The normalized spacial score (nSPS) is 10.3. The van der Waals surface area contributed by atoms with Crippen molar-refractivity contribution >= 4 is 5.91 Å². The van der Waals surface area contributed by atoms with Crippen LogP contribution in [0.25, 0.3) is 11.1 Å². The van der Waals surface area contributed by atoms with E-state index in [-0.39, 0.29) is 0 Å². The van der Waals surface area contributed by atoms with Crippen LogP contribution in [0, 0.1) is 0 Å². The third-order valence-corrected chi connectivity index (χ3v) is 3.76. The van der Waals surface area contributed by atoms with Gasteiger partial charge in [-0.05, 0) is 35.4 Å². The molecular weight excluding hydrogens is 316 g/mol. The molecule has 3 aromatic rings. The Morgan fingerprint density at radius 3 is 2.52 bits per heavy atom. The minimum atomic E-state index is -0.518. The van der Waals surface area contributed by atoms with Crippen LogP contribution in [-0.2, 0) is 6.61 Å². The highest BCUT2D eigenvalue weighted by molar-refractivity contribution is 6.00. The number of hydrogen-bond donors (Lipinski definition) is 1. The molecule has 1 aromatic heterocycles. The van der Waals surface area contributed by atoms with Gasteiger partial charge in [0.15, 0.2) is 0 Å². The average molecular weight is 334 g/mol. The van der Waals surface area contributed by atoms with Gasteiger partial charge in [-0.1, -0.05) is 30.3 Å². The molecule has 1 heterocycles. The summed E-state index contributed by atoms with van der Waals surface area (Å²) >= 11 is 0. The van der Waals surface area contributed by atoms with Crippen LogP contribution in [0.15, 0.2) is 66.9 Å². The van der Waals surface area contributed by atoms with Crippen molar-refractivity contribution < 1.29 is 14.3 Å². The number of nitrogens with two attached hydrogens (primary N) is 1. The van der Waals surface area contributed by atoms with Crippen molar-refractivity contribution in [2.75, 3.05) is 7.11 Å². The van der Waals surface area contributed by atoms with E-state index in [4.69, 9.17) is 15.2 Å². The second kappa shape index (κ2) is 7.49. The van der Waals surface area contributed by atoms with E-state index in [1.54, 1.807) is 25.4 Å². The van der Waals surface area contributed by atoms with Gasteiger partial charge in [0.25, 0.3) is 0 Å². The zero-order valence-corrected chi connectivity index (χ0v) is 13.8. The fourth-order valence-corrected chi connectivity index (χ4v) is 2.47. The number of amides is 1. The molecule has 0 aliphatic heterocycles. The second-order valence-corrected chi connectivity index (χ2v) is 5.44. The minimum absolute atomic E-state index is 0.387. The fraction of sp³-hybridized carbons (Fsp3) is 0.100. The molecule has 0 atom stereocenters. The van der Waals surface area contributed by atoms with Crippen molar-refractivity contribution in [2.24, 2.45) is 5.73 Å². The number of carbonyl (C=O) groups is 1. The second-order valence-electron chi connectivity index (χ2n) is 5.44. The van der Waals surface area contributed by atoms with Crippen LogP contribution in [0.2, 0.25) is 0 Å². The van der Waals surface area contributed by atoms with Crippen LogP contribution in [0.4, 0.5) is 0 Å². The van der Waals surface area contributed by atoms with Gasteiger partial charge >= 0.3 is 0 Å². The van der Waals surface area contributed by atoms with E-state index in [1.165, 1.54) is 0 Å². The van der Waals surface area contributed by atoms with Gasteiger partial charge in [0.2, 0.25) is 11.8 Å². The van der Waals surface area contributed by atoms with Crippen LogP contribution in [0.3, 0.4) is 0 Å². The van der Waals surface area contributed by atoms with Gasteiger partial charge in [0.05, 0.1) is 12.7 Å². The summed E-state index contributed by atoms with van der Waals surface area (Å²) in [6.45, 7) is 0.419. The van der Waals surface area contributed by atoms with Crippen molar-refractivity contribution in [3.8, 4) is 22.8 Å². The number of ether oxygens (including phenoxy) is 2. The van der Waals surface area contributed by atoms with E-state index in [0.29, 0.717) is 29.4 Å². The molecule has 0 saturated heterocycles. The number of aromatic nitrogens is 1. The van der Waals surface area contributed by atoms with Gasteiger partial charge in [0, 0.05) is 17.8 Å². The number of carbonyl (C=O) groups excluding carboxylic acids is 1. The first-order valence-electron chi connectivity index (χ1n) is 7.78. The Morgan fingerprint density at radius 1 is 1.08 bits per heavy atom. The molecule has 126 valence electrons. The molecule has 5 nitrogen and oxygen atoms in total. The number of hydrogen-bond acceptors (Lipinski definition) is 4. The fourth-order valence-electron chi connectivity index (χ4n) is 2.47. The van der Waals surface area contributed by atoms with Gasteiger partial charge in [-0.3, -0.25) is 4.79 Å². The summed E-state index contributed by atoms with van der Waals surface area (Å²) < 4.78 is 10.8. The number of methoxy groups -OCH3 is 1. The quantitative estimate of drug-likeness (QED) is 0.749. The molecule has 0 radical (unpaired) electrons. The van der Waals surface area contributed by atoms with Crippen LogP contribution >= 0.6 is 0 Å². The summed E-state index contributed by atoms with van der Waals surface area (Å²) in [6.07, 6.45) is 1.64. The molecule has 1 amide bonds. The Bertz CT molecular complexity index is 862. The maximum Gasteiger partial charge on any atom is 0.249 e. The summed E-state index contributed by atoms with van der Waals surface area (Å²) in [5, 5.41) is 0. The number of benzene rings is 2. The van der Waals surface area contributed by atoms with Crippen LogP contribution in [-0.4, -0.2) is 18.0 Å². The van der Waals surface area contributed by atoms with E-state index < -0.39 is 5.91 Å². The average Bonchev–Trinajstić information content (AvgIpc) is 2.67. The third kappa shape index (κ3) is 3.95. The number of rotatable bonds is 6. The van der Waals surface area contributed by atoms with E-state index >= 15 is 0 Å². The Labute approximate surface area is 146 Å².